The van der Waals surface area contributed by atoms with Gasteiger partial charge in [-0.05, 0) is 37.3 Å². The zero-order chi connectivity index (χ0) is 21.0. The van der Waals surface area contributed by atoms with Gasteiger partial charge in [-0.3, -0.25) is 9.10 Å². The van der Waals surface area contributed by atoms with Gasteiger partial charge >= 0.3 is 0 Å². The van der Waals surface area contributed by atoms with Crippen LogP contribution in [-0.4, -0.2) is 41.9 Å². The highest BCUT2D eigenvalue weighted by Crippen LogP contribution is 2.23. The highest BCUT2D eigenvalue weighted by molar-refractivity contribution is 7.92. The fourth-order valence-electron chi connectivity index (χ4n) is 2.81. The van der Waals surface area contributed by atoms with Crippen LogP contribution in [0.25, 0.3) is 11.4 Å². The van der Waals surface area contributed by atoms with Crippen LogP contribution in [0.3, 0.4) is 0 Å². The van der Waals surface area contributed by atoms with Crippen molar-refractivity contribution in [2.45, 2.75) is 13.5 Å². The van der Waals surface area contributed by atoms with E-state index in [-0.39, 0.29) is 6.54 Å². The van der Waals surface area contributed by atoms with Crippen LogP contribution < -0.4 is 9.62 Å². The normalized spacial score (nSPS) is 11.3. The van der Waals surface area contributed by atoms with E-state index in [4.69, 9.17) is 11.6 Å². The summed E-state index contributed by atoms with van der Waals surface area (Å²) in [6, 6.07) is 13.5. The summed E-state index contributed by atoms with van der Waals surface area (Å²) in [5, 5.41) is 11.1. The van der Waals surface area contributed by atoms with Gasteiger partial charge in [0.05, 0.1) is 11.9 Å². The van der Waals surface area contributed by atoms with Gasteiger partial charge < -0.3 is 9.88 Å². The smallest absolute Gasteiger partial charge is 0.245 e. The van der Waals surface area contributed by atoms with E-state index in [1.54, 1.807) is 42.7 Å². The Labute approximate surface area is 174 Å². The molecular formula is C19H20ClN5O3S. The average Bonchev–Trinajstić information content (AvgIpc) is 3.14. The number of aryl methyl sites for hydroxylation is 1. The van der Waals surface area contributed by atoms with Crippen LogP contribution in [0.4, 0.5) is 11.4 Å². The predicted octanol–water partition coefficient (Wildman–Crippen LogP) is 3.02. The molecule has 0 atom stereocenters. The van der Waals surface area contributed by atoms with Gasteiger partial charge in [0.15, 0.2) is 5.82 Å². The molecule has 0 aliphatic heterocycles. The largest absolute Gasteiger partial charge is 0.324 e. The van der Waals surface area contributed by atoms with Gasteiger partial charge in [-0.2, -0.15) is 0 Å². The molecule has 0 bridgehead atoms. The fraction of sp³-hybridized carbons (Fsp3) is 0.211. The second kappa shape index (κ2) is 8.62. The SMILES string of the molecule is CCn1cnnc1-c1cccc(NC(=O)CN(c2cccc(Cl)c2)S(C)(=O)=O)c1. The lowest BCUT2D eigenvalue weighted by atomic mass is 10.2. The molecule has 1 aromatic heterocycles. The van der Waals surface area contributed by atoms with Gasteiger partial charge in [0.25, 0.3) is 0 Å². The molecule has 0 aliphatic rings. The summed E-state index contributed by atoms with van der Waals surface area (Å²) in [5.41, 5.74) is 1.63. The van der Waals surface area contributed by atoms with Crippen molar-refractivity contribution < 1.29 is 13.2 Å². The number of amides is 1. The van der Waals surface area contributed by atoms with Gasteiger partial charge in [-0.25, -0.2) is 8.42 Å². The van der Waals surface area contributed by atoms with E-state index in [0.29, 0.717) is 28.8 Å². The molecule has 0 fully saturated rings. The molecule has 1 N–H and O–H groups in total. The quantitative estimate of drug-likeness (QED) is 0.617. The molecule has 0 aliphatic carbocycles. The molecule has 0 saturated heterocycles. The molecular weight excluding hydrogens is 414 g/mol. The number of hydrogen-bond acceptors (Lipinski definition) is 5. The lowest BCUT2D eigenvalue weighted by molar-refractivity contribution is -0.114. The number of carbonyl (C=O) groups is 1. The zero-order valence-corrected chi connectivity index (χ0v) is 17.5. The Bertz CT molecular complexity index is 1130. The Morgan fingerprint density at radius 3 is 2.66 bits per heavy atom. The topological polar surface area (TPSA) is 97.2 Å². The maximum absolute atomic E-state index is 12.6. The first-order valence-corrected chi connectivity index (χ1v) is 11.0. The number of anilines is 2. The molecule has 0 spiro atoms. The van der Waals surface area contributed by atoms with Crippen molar-refractivity contribution in [3.05, 3.63) is 59.9 Å². The minimum absolute atomic E-state index is 0.319. The molecule has 1 heterocycles. The van der Waals surface area contributed by atoms with E-state index in [2.05, 4.69) is 15.5 Å². The van der Waals surface area contributed by atoms with E-state index in [1.165, 1.54) is 6.07 Å². The van der Waals surface area contributed by atoms with E-state index in [1.807, 2.05) is 17.6 Å². The Balaban J connectivity index is 1.80. The summed E-state index contributed by atoms with van der Waals surface area (Å²) in [6.07, 6.45) is 2.68. The summed E-state index contributed by atoms with van der Waals surface area (Å²) >= 11 is 5.96. The lowest BCUT2D eigenvalue weighted by Gasteiger charge is -2.22. The van der Waals surface area contributed by atoms with E-state index < -0.39 is 15.9 Å². The number of sulfonamides is 1. The summed E-state index contributed by atoms with van der Waals surface area (Å²) in [4.78, 5) is 12.6. The summed E-state index contributed by atoms with van der Waals surface area (Å²) in [5.74, 6) is 0.199. The number of rotatable bonds is 7. The van der Waals surface area contributed by atoms with Crippen molar-refractivity contribution in [3.8, 4) is 11.4 Å². The minimum Gasteiger partial charge on any atom is -0.324 e. The van der Waals surface area contributed by atoms with Crippen molar-refractivity contribution >= 4 is 38.9 Å². The summed E-state index contributed by atoms with van der Waals surface area (Å²) in [7, 11) is -3.68. The van der Waals surface area contributed by atoms with Crippen molar-refractivity contribution in [2.24, 2.45) is 0 Å². The van der Waals surface area contributed by atoms with Crippen molar-refractivity contribution in [1.29, 1.82) is 0 Å². The van der Waals surface area contributed by atoms with Crippen LogP contribution in [0.5, 0.6) is 0 Å². The Morgan fingerprint density at radius 1 is 1.21 bits per heavy atom. The number of nitrogens with one attached hydrogen (secondary N) is 1. The number of hydrogen-bond donors (Lipinski definition) is 1. The summed E-state index contributed by atoms with van der Waals surface area (Å²) < 4.78 is 27.3. The maximum Gasteiger partial charge on any atom is 0.245 e. The third kappa shape index (κ3) is 5.12. The molecule has 10 heteroatoms. The first-order valence-electron chi connectivity index (χ1n) is 8.79. The molecule has 0 unspecified atom stereocenters. The van der Waals surface area contributed by atoms with Crippen LogP contribution in [0.15, 0.2) is 54.9 Å². The Kier molecular flexibility index (Phi) is 6.19. The molecule has 0 radical (unpaired) electrons. The first kappa shape index (κ1) is 20.8. The highest BCUT2D eigenvalue weighted by atomic mass is 35.5. The second-order valence-electron chi connectivity index (χ2n) is 6.32. The molecule has 3 aromatic rings. The molecule has 3 rings (SSSR count). The minimum atomic E-state index is -3.68. The Hall–Kier alpha value is -2.91. The number of aromatic nitrogens is 3. The molecule has 29 heavy (non-hydrogen) atoms. The van der Waals surface area contributed by atoms with E-state index in [9.17, 15) is 13.2 Å². The fourth-order valence-corrected chi connectivity index (χ4v) is 3.84. The van der Waals surface area contributed by atoms with Crippen molar-refractivity contribution in [2.75, 3.05) is 22.4 Å². The first-order chi connectivity index (χ1) is 13.8. The van der Waals surface area contributed by atoms with Crippen LogP contribution in [0.1, 0.15) is 6.92 Å². The van der Waals surface area contributed by atoms with Gasteiger partial charge in [-0.15, -0.1) is 10.2 Å². The lowest BCUT2D eigenvalue weighted by Crippen LogP contribution is -2.37. The summed E-state index contributed by atoms with van der Waals surface area (Å²) in [6.45, 7) is 2.31. The third-order valence-corrected chi connectivity index (χ3v) is 5.52. The standard InChI is InChI=1S/C19H20ClN5O3S/c1-3-24-13-21-23-19(24)14-6-4-8-16(10-14)22-18(26)12-25(29(2,27)28)17-9-5-7-15(20)11-17/h4-11,13H,3,12H2,1-2H3,(H,22,26). The van der Waals surface area contributed by atoms with Crippen molar-refractivity contribution in [1.82, 2.24) is 14.8 Å². The highest BCUT2D eigenvalue weighted by Gasteiger charge is 2.21. The van der Waals surface area contributed by atoms with Gasteiger partial charge in [0.1, 0.15) is 12.9 Å². The number of halogens is 1. The van der Waals surface area contributed by atoms with Crippen LogP contribution in [-0.2, 0) is 21.4 Å². The average molecular weight is 434 g/mol. The van der Waals surface area contributed by atoms with Crippen LogP contribution in [0.2, 0.25) is 5.02 Å². The molecule has 8 nitrogen and oxygen atoms in total. The third-order valence-electron chi connectivity index (χ3n) is 4.14. The molecule has 2 aromatic carbocycles. The predicted molar refractivity (Wildman–Crippen MR) is 113 cm³/mol. The van der Waals surface area contributed by atoms with Crippen molar-refractivity contribution in [3.63, 3.8) is 0 Å². The monoisotopic (exact) mass is 433 g/mol. The van der Waals surface area contributed by atoms with Gasteiger partial charge in [0.2, 0.25) is 15.9 Å². The van der Waals surface area contributed by atoms with Crippen LogP contribution >= 0.6 is 11.6 Å². The van der Waals surface area contributed by atoms with E-state index in [0.717, 1.165) is 16.1 Å². The number of carbonyl (C=O) groups excluding carboxylic acids is 1. The van der Waals surface area contributed by atoms with Gasteiger partial charge in [0, 0.05) is 22.8 Å². The van der Waals surface area contributed by atoms with E-state index >= 15 is 0 Å². The number of benzene rings is 2. The molecule has 1 amide bonds. The zero-order valence-electron chi connectivity index (χ0n) is 15.9. The Morgan fingerprint density at radius 2 is 1.97 bits per heavy atom. The van der Waals surface area contributed by atoms with Gasteiger partial charge in [-0.1, -0.05) is 29.8 Å². The second-order valence-corrected chi connectivity index (χ2v) is 8.66. The number of nitrogens with zero attached hydrogens (tertiary/aromatic N) is 4. The van der Waals surface area contributed by atoms with Crippen LogP contribution in [0, 0.1) is 0 Å². The maximum atomic E-state index is 12.6. The molecule has 152 valence electrons. The molecule has 0 saturated carbocycles.